The van der Waals surface area contributed by atoms with Gasteiger partial charge in [-0.25, -0.2) is 0 Å². The summed E-state index contributed by atoms with van der Waals surface area (Å²) in [6.07, 6.45) is 0. The van der Waals surface area contributed by atoms with Gasteiger partial charge in [0, 0.05) is 49.3 Å². The number of piperazine rings is 1. The van der Waals surface area contributed by atoms with Crippen molar-refractivity contribution in [3.05, 3.63) is 38.3 Å². The van der Waals surface area contributed by atoms with Crippen molar-refractivity contribution in [1.82, 2.24) is 9.80 Å². The molecular formula is C13H16BrN3O4. The van der Waals surface area contributed by atoms with Gasteiger partial charge in [0.1, 0.15) is 0 Å². The standard InChI is InChI=1S/C13H16BrN3O4/c14-12-7-11(17(20)21)2-1-10(12)8-15-3-5-16(6-4-15)9-13(18)19/h1-2,7H,3-6,8-9H2,(H,18,19). The van der Waals surface area contributed by atoms with Crippen LogP contribution in [0.1, 0.15) is 5.56 Å². The Labute approximate surface area is 130 Å². The number of carbonyl (C=O) groups is 1. The summed E-state index contributed by atoms with van der Waals surface area (Å²) in [4.78, 5) is 25.1. The molecule has 0 saturated carbocycles. The van der Waals surface area contributed by atoms with Crippen molar-refractivity contribution in [2.75, 3.05) is 32.7 Å². The van der Waals surface area contributed by atoms with Crippen LogP contribution in [0.25, 0.3) is 0 Å². The first-order valence-electron chi connectivity index (χ1n) is 6.55. The smallest absolute Gasteiger partial charge is 0.317 e. The van der Waals surface area contributed by atoms with Crippen LogP contribution < -0.4 is 0 Å². The number of nitrogens with zero attached hydrogens (tertiary/aromatic N) is 3. The summed E-state index contributed by atoms with van der Waals surface area (Å²) < 4.78 is 0.727. The fraction of sp³-hybridized carbons (Fsp3) is 0.462. The van der Waals surface area contributed by atoms with Gasteiger partial charge >= 0.3 is 5.97 Å². The molecule has 1 aliphatic rings. The van der Waals surface area contributed by atoms with E-state index in [0.717, 1.165) is 36.2 Å². The molecule has 0 spiro atoms. The number of non-ortho nitro benzene ring substituents is 1. The molecule has 2 rings (SSSR count). The number of nitro benzene ring substituents is 1. The maximum atomic E-state index is 10.7. The lowest BCUT2D eigenvalue weighted by molar-refractivity contribution is -0.384. The van der Waals surface area contributed by atoms with Gasteiger partial charge in [-0.3, -0.25) is 24.7 Å². The number of hydrogen-bond acceptors (Lipinski definition) is 5. The Hall–Kier alpha value is -1.51. The van der Waals surface area contributed by atoms with Crippen molar-refractivity contribution in [2.45, 2.75) is 6.54 Å². The molecule has 1 aromatic rings. The predicted octanol–water partition coefficient (Wildman–Crippen LogP) is 1.56. The van der Waals surface area contributed by atoms with E-state index < -0.39 is 10.9 Å². The Morgan fingerprint density at radius 2 is 1.90 bits per heavy atom. The minimum Gasteiger partial charge on any atom is -0.480 e. The van der Waals surface area contributed by atoms with Crippen molar-refractivity contribution in [3.63, 3.8) is 0 Å². The first-order chi connectivity index (χ1) is 9.95. The highest BCUT2D eigenvalue weighted by molar-refractivity contribution is 9.10. The summed E-state index contributed by atoms with van der Waals surface area (Å²) in [5.74, 6) is -0.804. The molecule has 8 heteroatoms. The number of aliphatic carboxylic acids is 1. The number of carboxylic acids is 1. The van der Waals surface area contributed by atoms with Gasteiger partial charge in [-0.2, -0.15) is 0 Å². The van der Waals surface area contributed by atoms with Gasteiger partial charge in [0.15, 0.2) is 0 Å². The molecule has 0 amide bonds. The van der Waals surface area contributed by atoms with Crippen molar-refractivity contribution in [1.29, 1.82) is 0 Å². The van der Waals surface area contributed by atoms with E-state index in [0.29, 0.717) is 6.54 Å². The van der Waals surface area contributed by atoms with E-state index in [1.54, 1.807) is 6.07 Å². The number of hydrogen-bond donors (Lipinski definition) is 1. The lowest BCUT2D eigenvalue weighted by Crippen LogP contribution is -2.47. The molecule has 1 heterocycles. The maximum Gasteiger partial charge on any atom is 0.317 e. The third-order valence-corrected chi connectivity index (χ3v) is 4.20. The molecule has 1 fully saturated rings. The highest BCUT2D eigenvalue weighted by atomic mass is 79.9. The number of nitro groups is 1. The fourth-order valence-corrected chi connectivity index (χ4v) is 2.81. The van der Waals surface area contributed by atoms with E-state index in [9.17, 15) is 14.9 Å². The van der Waals surface area contributed by atoms with Crippen LogP contribution >= 0.6 is 15.9 Å². The van der Waals surface area contributed by atoms with Crippen LogP contribution in [0.2, 0.25) is 0 Å². The molecule has 1 saturated heterocycles. The van der Waals surface area contributed by atoms with Crippen LogP contribution in [0, 0.1) is 10.1 Å². The average molecular weight is 358 g/mol. The second-order valence-electron chi connectivity index (χ2n) is 4.98. The summed E-state index contributed by atoms with van der Waals surface area (Å²) in [5, 5.41) is 19.5. The van der Waals surface area contributed by atoms with Crippen molar-refractivity contribution in [2.24, 2.45) is 0 Å². The molecule has 0 aliphatic carbocycles. The van der Waals surface area contributed by atoms with E-state index in [1.807, 2.05) is 4.90 Å². The minimum absolute atomic E-state index is 0.0666. The Bertz CT molecular complexity index is 544. The number of benzene rings is 1. The molecule has 0 aromatic heterocycles. The Kier molecular flexibility index (Phi) is 5.27. The number of carboxylic acid groups (broad SMARTS) is 1. The van der Waals surface area contributed by atoms with E-state index in [2.05, 4.69) is 20.8 Å². The monoisotopic (exact) mass is 357 g/mol. The van der Waals surface area contributed by atoms with Crippen molar-refractivity contribution < 1.29 is 14.8 Å². The molecule has 0 bridgehead atoms. The van der Waals surface area contributed by atoms with Crippen LogP contribution in [-0.2, 0) is 11.3 Å². The van der Waals surface area contributed by atoms with Crippen LogP contribution in [0.5, 0.6) is 0 Å². The highest BCUT2D eigenvalue weighted by Crippen LogP contribution is 2.24. The molecular weight excluding hydrogens is 342 g/mol. The lowest BCUT2D eigenvalue weighted by Gasteiger charge is -2.33. The van der Waals surface area contributed by atoms with Gasteiger partial charge in [-0.05, 0) is 11.6 Å². The molecule has 1 N–H and O–H groups in total. The highest BCUT2D eigenvalue weighted by Gasteiger charge is 2.19. The summed E-state index contributed by atoms with van der Waals surface area (Å²) in [6, 6.07) is 4.77. The largest absolute Gasteiger partial charge is 0.480 e. The van der Waals surface area contributed by atoms with E-state index in [4.69, 9.17) is 5.11 Å². The van der Waals surface area contributed by atoms with Crippen LogP contribution in [0.15, 0.2) is 22.7 Å². The summed E-state index contributed by atoms with van der Waals surface area (Å²) in [5.41, 5.74) is 1.06. The Morgan fingerprint density at radius 3 is 2.43 bits per heavy atom. The van der Waals surface area contributed by atoms with E-state index >= 15 is 0 Å². The average Bonchev–Trinajstić information content (AvgIpc) is 2.42. The van der Waals surface area contributed by atoms with Gasteiger partial charge in [0.2, 0.25) is 0 Å². The number of rotatable bonds is 5. The quantitative estimate of drug-likeness (QED) is 0.635. The van der Waals surface area contributed by atoms with Gasteiger partial charge in [0.25, 0.3) is 5.69 Å². The third kappa shape index (κ3) is 4.48. The van der Waals surface area contributed by atoms with Gasteiger partial charge in [-0.1, -0.05) is 15.9 Å². The zero-order chi connectivity index (χ0) is 15.4. The molecule has 0 radical (unpaired) electrons. The molecule has 1 aromatic carbocycles. The summed E-state index contributed by atoms with van der Waals surface area (Å²) in [6.45, 7) is 3.79. The second kappa shape index (κ2) is 6.97. The fourth-order valence-electron chi connectivity index (χ4n) is 2.32. The predicted molar refractivity (Wildman–Crippen MR) is 80.1 cm³/mol. The zero-order valence-electron chi connectivity index (χ0n) is 11.4. The van der Waals surface area contributed by atoms with Crippen LogP contribution in [0.3, 0.4) is 0 Å². The third-order valence-electron chi connectivity index (χ3n) is 3.47. The molecule has 0 atom stereocenters. The maximum absolute atomic E-state index is 10.7. The van der Waals surface area contributed by atoms with E-state index in [1.165, 1.54) is 12.1 Å². The van der Waals surface area contributed by atoms with Gasteiger partial charge in [0.05, 0.1) is 11.5 Å². The number of halogens is 1. The zero-order valence-corrected chi connectivity index (χ0v) is 13.0. The topological polar surface area (TPSA) is 86.9 Å². The summed E-state index contributed by atoms with van der Waals surface area (Å²) in [7, 11) is 0. The SMILES string of the molecule is O=C(O)CN1CCN(Cc2ccc([N+](=O)[O-])cc2Br)CC1. The lowest BCUT2D eigenvalue weighted by atomic mass is 10.2. The van der Waals surface area contributed by atoms with Crippen LogP contribution in [-0.4, -0.2) is 58.5 Å². The first kappa shape index (κ1) is 15.9. The Balaban J connectivity index is 1.91. The minimum atomic E-state index is -0.804. The van der Waals surface area contributed by atoms with Crippen LogP contribution in [0.4, 0.5) is 5.69 Å². The second-order valence-corrected chi connectivity index (χ2v) is 5.83. The van der Waals surface area contributed by atoms with Gasteiger partial charge < -0.3 is 5.11 Å². The molecule has 21 heavy (non-hydrogen) atoms. The van der Waals surface area contributed by atoms with Gasteiger partial charge in [-0.15, -0.1) is 0 Å². The normalized spacial score (nSPS) is 16.8. The molecule has 1 aliphatic heterocycles. The molecule has 7 nitrogen and oxygen atoms in total. The van der Waals surface area contributed by atoms with E-state index in [-0.39, 0.29) is 12.2 Å². The van der Waals surface area contributed by atoms with Crippen molar-refractivity contribution >= 4 is 27.6 Å². The first-order valence-corrected chi connectivity index (χ1v) is 7.34. The Morgan fingerprint density at radius 1 is 1.29 bits per heavy atom. The summed E-state index contributed by atoms with van der Waals surface area (Å²) >= 11 is 3.37. The molecule has 114 valence electrons. The molecule has 0 unspecified atom stereocenters. The van der Waals surface area contributed by atoms with Crippen molar-refractivity contribution in [3.8, 4) is 0 Å².